The highest BCUT2D eigenvalue weighted by Gasteiger charge is 2.20. The van der Waals surface area contributed by atoms with Gasteiger partial charge in [-0.2, -0.15) is 0 Å². The number of ketones is 1. The summed E-state index contributed by atoms with van der Waals surface area (Å²) in [5, 5.41) is 3.34. The zero-order valence-electron chi connectivity index (χ0n) is 11.0. The van der Waals surface area contributed by atoms with Crippen molar-refractivity contribution in [1.29, 1.82) is 0 Å². The Bertz CT molecular complexity index is 758. The summed E-state index contributed by atoms with van der Waals surface area (Å²) in [6.45, 7) is 0.641. The van der Waals surface area contributed by atoms with E-state index in [4.69, 9.17) is 11.6 Å². The summed E-state index contributed by atoms with van der Waals surface area (Å²) in [5.74, 6) is -0.263. The molecule has 0 atom stereocenters. The molecular formula is C16H11BrClNO2. The second-order valence-corrected chi connectivity index (χ2v) is 6.12. The maximum absolute atomic E-state index is 12.6. The Hall–Kier alpha value is -1.65. The van der Waals surface area contributed by atoms with E-state index in [2.05, 4.69) is 21.2 Å². The average Bonchev–Trinajstić information content (AvgIpc) is 2.47. The molecule has 1 N–H and O–H groups in total. The highest BCUT2D eigenvalue weighted by molar-refractivity contribution is 9.10. The Balaban J connectivity index is 2.02. The molecule has 3 nitrogen and oxygen atoms in total. The van der Waals surface area contributed by atoms with E-state index in [0.29, 0.717) is 32.7 Å². The number of halogens is 2. The summed E-state index contributed by atoms with van der Waals surface area (Å²) in [7, 11) is 0. The van der Waals surface area contributed by atoms with E-state index >= 15 is 0 Å². The van der Waals surface area contributed by atoms with Crippen LogP contribution in [0.25, 0.3) is 0 Å². The van der Waals surface area contributed by atoms with Gasteiger partial charge in [0.1, 0.15) is 0 Å². The second kappa shape index (κ2) is 5.62. The fraction of sp³-hybridized carbons (Fsp3) is 0.125. The lowest BCUT2D eigenvalue weighted by Gasteiger charge is -2.17. The molecule has 2 aromatic rings. The standard InChI is InChI=1S/C16H11BrClNO2/c17-14-8-11(18)3-4-12(14)15(20)10-2-1-9-5-6-19-16(21)13(9)7-10/h1-4,7-8H,5-6H2,(H,19,21). The molecule has 21 heavy (non-hydrogen) atoms. The zero-order valence-corrected chi connectivity index (χ0v) is 13.3. The minimum atomic E-state index is -0.139. The van der Waals surface area contributed by atoms with Crippen molar-refractivity contribution < 1.29 is 9.59 Å². The molecule has 0 radical (unpaired) electrons. The normalized spacial score (nSPS) is 13.5. The van der Waals surface area contributed by atoms with Gasteiger partial charge in [-0.3, -0.25) is 9.59 Å². The number of carbonyl (C=O) groups is 2. The SMILES string of the molecule is O=C(c1ccc2c(c1)C(=O)NCC2)c1ccc(Cl)cc1Br. The van der Waals surface area contributed by atoms with E-state index in [1.54, 1.807) is 30.3 Å². The van der Waals surface area contributed by atoms with Crippen molar-refractivity contribution in [1.82, 2.24) is 5.32 Å². The van der Waals surface area contributed by atoms with E-state index in [-0.39, 0.29) is 11.7 Å². The lowest BCUT2D eigenvalue weighted by atomic mass is 9.94. The number of amides is 1. The van der Waals surface area contributed by atoms with Gasteiger partial charge < -0.3 is 5.32 Å². The number of nitrogens with one attached hydrogen (secondary N) is 1. The van der Waals surface area contributed by atoms with Gasteiger partial charge in [-0.25, -0.2) is 0 Å². The first-order chi connectivity index (χ1) is 10.1. The first-order valence-electron chi connectivity index (χ1n) is 6.47. The lowest BCUT2D eigenvalue weighted by molar-refractivity contribution is 0.0946. The molecule has 0 fully saturated rings. The van der Waals surface area contributed by atoms with Gasteiger partial charge in [0.15, 0.2) is 5.78 Å². The Labute approximate surface area is 135 Å². The van der Waals surface area contributed by atoms with Crippen LogP contribution in [0.15, 0.2) is 40.9 Å². The van der Waals surface area contributed by atoms with Crippen LogP contribution in [0, 0.1) is 0 Å². The summed E-state index contributed by atoms with van der Waals surface area (Å²) >= 11 is 9.23. The monoisotopic (exact) mass is 363 g/mol. The van der Waals surface area contributed by atoms with Crippen LogP contribution in [0.1, 0.15) is 31.8 Å². The van der Waals surface area contributed by atoms with Crippen molar-refractivity contribution in [3.63, 3.8) is 0 Å². The molecule has 0 bridgehead atoms. The van der Waals surface area contributed by atoms with E-state index in [1.807, 2.05) is 6.07 Å². The molecule has 3 rings (SSSR count). The molecule has 5 heteroatoms. The Kier molecular flexibility index (Phi) is 3.83. The van der Waals surface area contributed by atoms with E-state index in [9.17, 15) is 9.59 Å². The van der Waals surface area contributed by atoms with Crippen LogP contribution in [0.4, 0.5) is 0 Å². The van der Waals surface area contributed by atoms with Gasteiger partial charge in [0.25, 0.3) is 5.91 Å². The van der Waals surface area contributed by atoms with Gasteiger partial charge in [0.05, 0.1) is 0 Å². The largest absolute Gasteiger partial charge is 0.352 e. The third kappa shape index (κ3) is 2.74. The Morgan fingerprint density at radius 1 is 1.19 bits per heavy atom. The third-order valence-electron chi connectivity index (χ3n) is 3.47. The molecule has 0 aromatic heterocycles. The molecule has 1 heterocycles. The highest BCUT2D eigenvalue weighted by atomic mass is 79.9. The third-order valence-corrected chi connectivity index (χ3v) is 4.36. The second-order valence-electron chi connectivity index (χ2n) is 4.83. The van der Waals surface area contributed by atoms with Crippen LogP contribution < -0.4 is 5.32 Å². The number of benzene rings is 2. The molecule has 2 aromatic carbocycles. The van der Waals surface area contributed by atoms with Gasteiger partial charge in [-0.1, -0.05) is 23.7 Å². The van der Waals surface area contributed by atoms with Crippen molar-refractivity contribution in [2.45, 2.75) is 6.42 Å². The van der Waals surface area contributed by atoms with Crippen LogP contribution in [0.2, 0.25) is 5.02 Å². The Morgan fingerprint density at radius 2 is 2.00 bits per heavy atom. The van der Waals surface area contributed by atoms with Crippen molar-refractivity contribution >= 4 is 39.2 Å². The van der Waals surface area contributed by atoms with Crippen molar-refractivity contribution in [3.05, 3.63) is 68.1 Å². The number of rotatable bonds is 2. The Morgan fingerprint density at radius 3 is 2.76 bits per heavy atom. The van der Waals surface area contributed by atoms with Crippen LogP contribution in [-0.2, 0) is 6.42 Å². The number of carbonyl (C=O) groups excluding carboxylic acids is 2. The van der Waals surface area contributed by atoms with E-state index in [0.717, 1.165) is 12.0 Å². The minimum Gasteiger partial charge on any atom is -0.352 e. The van der Waals surface area contributed by atoms with Gasteiger partial charge in [0.2, 0.25) is 0 Å². The maximum Gasteiger partial charge on any atom is 0.251 e. The average molecular weight is 365 g/mol. The minimum absolute atomic E-state index is 0.124. The smallest absolute Gasteiger partial charge is 0.251 e. The molecule has 0 unspecified atom stereocenters. The van der Waals surface area contributed by atoms with Gasteiger partial charge in [-0.15, -0.1) is 0 Å². The molecule has 1 aliphatic heterocycles. The van der Waals surface area contributed by atoms with E-state index < -0.39 is 0 Å². The predicted molar refractivity (Wildman–Crippen MR) is 85.1 cm³/mol. The topological polar surface area (TPSA) is 46.2 Å². The summed E-state index contributed by atoms with van der Waals surface area (Å²) < 4.78 is 0.641. The number of fused-ring (bicyclic) bond motifs is 1. The number of hydrogen-bond acceptors (Lipinski definition) is 2. The fourth-order valence-electron chi connectivity index (χ4n) is 2.38. The highest BCUT2D eigenvalue weighted by Crippen LogP contribution is 2.25. The van der Waals surface area contributed by atoms with E-state index in [1.165, 1.54) is 0 Å². The quantitative estimate of drug-likeness (QED) is 0.827. The van der Waals surface area contributed by atoms with Crippen LogP contribution in [0.5, 0.6) is 0 Å². The molecule has 1 aliphatic rings. The maximum atomic E-state index is 12.6. The molecule has 1 amide bonds. The first kappa shape index (κ1) is 14.3. The van der Waals surface area contributed by atoms with Crippen LogP contribution in [-0.4, -0.2) is 18.2 Å². The summed E-state index contributed by atoms with van der Waals surface area (Å²) in [6, 6.07) is 10.3. The fourth-order valence-corrected chi connectivity index (χ4v) is 3.24. The molecule has 0 aliphatic carbocycles. The van der Waals surface area contributed by atoms with Crippen molar-refractivity contribution in [2.75, 3.05) is 6.54 Å². The van der Waals surface area contributed by atoms with Gasteiger partial charge in [-0.05, 0) is 52.2 Å². The van der Waals surface area contributed by atoms with Crippen molar-refractivity contribution in [3.8, 4) is 0 Å². The van der Waals surface area contributed by atoms with Crippen LogP contribution >= 0.6 is 27.5 Å². The van der Waals surface area contributed by atoms with Crippen molar-refractivity contribution in [2.24, 2.45) is 0 Å². The molecule has 0 saturated heterocycles. The molecule has 106 valence electrons. The van der Waals surface area contributed by atoms with Crippen LogP contribution in [0.3, 0.4) is 0 Å². The zero-order chi connectivity index (χ0) is 15.0. The molecule has 0 spiro atoms. The first-order valence-corrected chi connectivity index (χ1v) is 7.64. The van der Waals surface area contributed by atoms with Gasteiger partial charge >= 0.3 is 0 Å². The molecule has 0 saturated carbocycles. The predicted octanol–water partition coefficient (Wildman–Crippen LogP) is 3.62. The summed E-state index contributed by atoms with van der Waals surface area (Å²) in [6.07, 6.45) is 0.792. The van der Waals surface area contributed by atoms with Gasteiger partial charge in [0, 0.05) is 32.7 Å². The lowest BCUT2D eigenvalue weighted by Crippen LogP contribution is -2.32. The number of hydrogen-bond donors (Lipinski definition) is 1. The summed E-state index contributed by atoms with van der Waals surface area (Å²) in [4.78, 5) is 24.4. The molecular weight excluding hydrogens is 354 g/mol. The summed E-state index contributed by atoms with van der Waals surface area (Å²) in [5.41, 5.74) is 2.58.